The summed E-state index contributed by atoms with van der Waals surface area (Å²) in [4.78, 5) is 22.8. The van der Waals surface area contributed by atoms with Crippen molar-refractivity contribution >= 4 is 5.65 Å². The monoisotopic (exact) mass is 308 g/mol. The predicted octanol–water partition coefficient (Wildman–Crippen LogP) is 2.67. The Morgan fingerprint density at radius 3 is 3.09 bits per heavy atom. The lowest BCUT2D eigenvalue weighted by Crippen LogP contribution is -2.25. The Morgan fingerprint density at radius 1 is 1.35 bits per heavy atom. The van der Waals surface area contributed by atoms with Crippen LogP contribution in [0.4, 0.5) is 0 Å². The zero-order chi connectivity index (χ0) is 15.8. The molecule has 4 heterocycles. The molecule has 5 nitrogen and oxygen atoms in total. The Labute approximate surface area is 134 Å². The van der Waals surface area contributed by atoms with E-state index in [1.165, 1.54) is 12.1 Å². The van der Waals surface area contributed by atoms with Gasteiger partial charge in [0.05, 0.1) is 11.7 Å². The summed E-state index contributed by atoms with van der Waals surface area (Å²) in [5.74, 6) is 0. The highest BCUT2D eigenvalue weighted by molar-refractivity contribution is 5.46. The SMILES string of the molecule is Cc1cccn2c(=O)cc(CN3CCCC3c3ccc[nH]3)nc12. The van der Waals surface area contributed by atoms with Crippen LogP contribution in [-0.4, -0.2) is 25.8 Å². The van der Waals surface area contributed by atoms with Crippen molar-refractivity contribution in [3.63, 3.8) is 0 Å². The molecular weight excluding hydrogens is 288 g/mol. The average molecular weight is 308 g/mol. The van der Waals surface area contributed by atoms with Gasteiger partial charge in [0.25, 0.3) is 5.56 Å². The molecule has 3 aromatic rings. The summed E-state index contributed by atoms with van der Waals surface area (Å²) in [6.45, 7) is 3.74. The molecular formula is C18H20N4O. The normalized spacial score (nSPS) is 18.7. The maximum atomic E-state index is 12.3. The van der Waals surface area contributed by atoms with Gasteiger partial charge in [-0.3, -0.25) is 14.1 Å². The van der Waals surface area contributed by atoms with Crippen LogP contribution in [0.2, 0.25) is 0 Å². The van der Waals surface area contributed by atoms with Gasteiger partial charge in [-0.2, -0.15) is 0 Å². The zero-order valence-electron chi connectivity index (χ0n) is 13.2. The summed E-state index contributed by atoms with van der Waals surface area (Å²) in [6.07, 6.45) is 6.07. The number of aromatic amines is 1. The number of nitrogens with zero attached hydrogens (tertiary/aromatic N) is 3. The predicted molar refractivity (Wildman–Crippen MR) is 89.4 cm³/mol. The van der Waals surface area contributed by atoms with E-state index >= 15 is 0 Å². The molecule has 118 valence electrons. The number of H-pyrrole nitrogens is 1. The maximum absolute atomic E-state index is 12.3. The van der Waals surface area contributed by atoms with Gasteiger partial charge in [0.1, 0.15) is 5.65 Å². The lowest BCUT2D eigenvalue weighted by atomic mass is 10.1. The number of nitrogens with one attached hydrogen (secondary N) is 1. The van der Waals surface area contributed by atoms with Gasteiger partial charge in [-0.25, -0.2) is 4.98 Å². The fraction of sp³-hybridized carbons (Fsp3) is 0.333. The summed E-state index contributed by atoms with van der Waals surface area (Å²) in [7, 11) is 0. The van der Waals surface area contributed by atoms with E-state index in [2.05, 4.69) is 16.0 Å². The minimum atomic E-state index is -0.00989. The highest BCUT2D eigenvalue weighted by Crippen LogP contribution is 2.31. The molecule has 1 unspecified atom stereocenters. The van der Waals surface area contributed by atoms with E-state index in [0.717, 1.165) is 29.9 Å². The van der Waals surface area contributed by atoms with Gasteiger partial charge in [0.15, 0.2) is 0 Å². The van der Waals surface area contributed by atoms with E-state index in [1.54, 1.807) is 16.7 Å². The number of hydrogen-bond acceptors (Lipinski definition) is 3. The van der Waals surface area contributed by atoms with Crippen LogP contribution in [0.25, 0.3) is 5.65 Å². The van der Waals surface area contributed by atoms with Crippen LogP contribution in [0.5, 0.6) is 0 Å². The van der Waals surface area contributed by atoms with Crippen molar-refractivity contribution in [3.8, 4) is 0 Å². The van der Waals surface area contributed by atoms with E-state index in [0.29, 0.717) is 12.6 Å². The third-order valence-electron chi connectivity index (χ3n) is 4.65. The largest absolute Gasteiger partial charge is 0.364 e. The molecule has 5 heteroatoms. The molecule has 0 amide bonds. The minimum absolute atomic E-state index is 0.00989. The lowest BCUT2D eigenvalue weighted by molar-refractivity contribution is 0.242. The Bertz CT molecular complexity index is 882. The first kappa shape index (κ1) is 14.2. The second-order valence-electron chi connectivity index (χ2n) is 6.22. The Morgan fingerprint density at radius 2 is 2.26 bits per heavy atom. The first-order chi connectivity index (χ1) is 11.2. The molecule has 0 radical (unpaired) electrons. The van der Waals surface area contributed by atoms with Gasteiger partial charge in [0, 0.05) is 30.7 Å². The van der Waals surface area contributed by atoms with Gasteiger partial charge in [0.2, 0.25) is 0 Å². The molecule has 1 atom stereocenters. The highest BCUT2D eigenvalue weighted by Gasteiger charge is 2.27. The fourth-order valence-corrected chi connectivity index (χ4v) is 3.52. The average Bonchev–Trinajstić information content (AvgIpc) is 3.19. The molecule has 0 bridgehead atoms. The standard InChI is InChI=1S/C18H20N4O/c1-13-5-3-10-22-17(23)11-14(20-18(13)22)12-21-9-4-7-16(21)15-6-2-8-19-15/h2-3,5-6,8,10-11,16,19H,4,7,9,12H2,1H3. The van der Waals surface area contributed by atoms with Crippen LogP contribution in [0, 0.1) is 6.92 Å². The van der Waals surface area contributed by atoms with Crippen LogP contribution in [-0.2, 0) is 6.54 Å². The summed E-state index contributed by atoms with van der Waals surface area (Å²) >= 11 is 0. The van der Waals surface area contributed by atoms with Crippen molar-refractivity contribution < 1.29 is 0 Å². The van der Waals surface area contributed by atoms with E-state index in [-0.39, 0.29) is 5.56 Å². The molecule has 0 spiro atoms. The molecule has 1 N–H and O–H groups in total. The van der Waals surface area contributed by atoms with Gasteiger partial charge in [-0.05, 0) is 50.1 Å². The molecule has 4 rings (SSSR count). The fourth-order valence-electron chi connectivity index (χ4n) is 3.52. The van der Waals surface area contributed by atoms with Crippen molar-refractivity contribution in [1.82, 2.24) is 19.3 Å². The van der Waals surface area contributed by atoms with Crippen molar-refractivity contribution in [3.05, 3.63) is 70.0 Å². The quantitative estimate of drug-likeness (QED) is 0.809. The first-order valence-electron chi connectivity index (χ1n) is 8.07. The lowest BCUT2D eigenvalue weighted by Gasteiger charge is -2.23. The molecule has 1 aliphatic heterocycles. The van der Waals surface area contributed by atoms with Gasteiger partial charge in [-0.15, -0.1) is 0 Å². The Kier molecular flexibility index (Phi) is 3.50. The second kappa shape index (κ2) is 5.66. The van der Waals surface area contributed by atoms with Crippen molar-refractivity contribution in [1.29, 1.82) is 0 Å². The zero-order valence-corrected chi connectivity index (χ0v) is 13.2. The van der Waals surface area contributed by atoms with Crippen LogP contribution in [0.3, 0.4) is 0 Å². The molecule has 0 aromatic carbocycles. The molecule has 1 fully saturated rings. The minimum Gasteiger partial charge on any atom is -0.364 e. The summed E-state index contributed by atoms with van der Waals surface area (Å²) in [5, 5.41) is 0. The van der Waals surface area contributed by atoms with E-state index < -0.39 is 0 Å². The summed E-state index contributed by atoms with van der Waals surface area (Å²) in [5.41, 5.74) is 3.86. The first-order valence-corrected chi connectivity index (χ1v) is 8.07. The van der Waals surface area contributed by atoms with E-state index in [1.807, 2.05) is 31.3 Å². The topological polar surface area (TPSA) is 53.4 Å². The number of likely N-dealkylation sites (tertiary alicyclic amines) is 1. The Balaban J connectivity index is 1.67. The number of fused-ring (bicyclic) bond motifs is 1. The molecule has 3 aromatic heterocycles. The van der Waals surface area contributed by atoms with E-state index in [4.69, 9.17) is 4.98 Å². The molecule has 0 aliphatic carbocycles. The van der Waals surface area contributed by atoms with Crippen molar-refractivity contribution in [2.45, 2.75) is 32.4 Å². The van der Waals surface area contributed by atoms with Gasteiger partial charge < -0.3 is 4.98 Å². The van der Waals surface area contributed by atoms with Crippen LogP contribution >= 0.6 is 0 Å². The summed E-state index contributed by atoms with van der Waals surface area (Å²) in [6, 6.07) is 10.1. The van der Waals surface area contributed by atoms with Gasteiger partial charge >= 0.3 is 0 Å². The van der Waals surface area contributed by atoms with Gasteiger partial charge in [-0.1, -0.05) is 6.07 Å². The maximum Gasteiger partial charge on any atom is 0.258 e. The number of pyridine rings is 1. The molecule has 1 aliphatic rings. The summed E-state index contributed by atoms with van der Waals surface area (Å²) < 4.78 is 1.62. The van der Waals surface area contributed by atoms with Crippen LogP contribution < -0.4 is 5.56 Å². The van der Waals surface area contributed by atoms with Crippen molar-refractivity contribution in [2.75, 3.05) is 6.54 Å². The molecule has 0 saturated carbocycles. The van der Waals surface area contributed by atoms with Crippen LogP contribution in [0.1, 0.15) is 35.8 Å². The van der Waals surface area contributed by atoms with Crippen molar-refractivity contribution in [2.24, 2.45) is 0 Å². The number of aromatic nitrogens is 3. The number of rotatable bonds is 3. The molecule has 23 heavy (non-hydrogen) atoms. The number of hydrogen-bond donors (Lipinski definition) is 1. The Hall–Kier alpha value is -2.40. The highest BCUT2D eigenvalue weighted by atomic mass is 16.1. The smallest absolute Gasteiger partial charge is 0.258 e. The second-order valence-corrected chi connectivity index (χ2v) is 6.22. The third kappa shape index (κ3) is 2.57. The third-order valence-corrected chi connectivity index (χ3v) is 4.65. The number of aryl methyl sites for hydroxylation is 1. The van der Waals surface area contributed by atoms with E-state index in [9.17, 15) is 4.79 Å². The van der Waals surface area contributed by atoms with Crippen LogP contribution in [0.15, 0.2) is 47.5 Å². The molecule has 1 saturated heterocycles.